The van der Waals surface area contributed by atoms with E-state index in [1.807, 2.05) is 0 Å². The summed E-state index contributed by atoms with van der Waals surface area (Å²) >= 11 is 0. The Morgan fingerprint density at radius 1 is 1.33 bits per heavy atom. The van der Waals surface area contributed by atoms with Crippen molar-refractivity contribution in [3.63, 3.8) is 0 Å². The summed E-state index contributed by atoms with van der Waals surface area (Å²) in [5.41, 5.74) is -0.360. The zero-order valence-corrected chi connectivity index (χ0v) is 13.1. The number of carbonyl (C=O) groups is 1. The molecule has 2 atom stereocenters. The lowest BCUT2D eigenvalue weighted by Crippen LogP contribution is -2.32. The summed E-state index contributed by atoms with van der Waals surface area (Å²) in [5.74, 6) is -0.338. The number of ether oxygens (including phenoxy) is 1. The highest BCUT2D eigenvalue weighted by molar-refractivity contribution is 6.03. The Morgan fingerprint density at radius 2 is 2.04 bits per heavy atom. The molecule has 8 heteroatoms. The Bertz CT molecular complexity index is 728. The van der Waals surface area contributed by atoms with E-state index in [9.17, 15) is 14.7 Å². The van der Waals surface area contributed by atoms with Crippen LogP contribution in [0.5, 0.6) is 0 Å². The minimum atomic E-state index is -1.57. The molecule has 0 unspecified atom stereocenters. The molecule has 8 nitrogen and oxygen atoms in total. The van der Waals surface area contributed by atoms with Crippen molar-refractivity contribution < 1.29 is 19.7 Å². The van der Waals surface area contributed by atoms with Crippen LogP contribution in [0.1, 0.15) is 30.1 Å². The van der Waals surface area contributed by atoms with Gasteiger partial charge in [-0.2, -0.15) is 4.98 Å². The fourth-order valence-corrected chi connectivity index (χ4v) is 1.93. The third kappa shape index (κ3) is 4.48. The van der Waals surface area contributed by atoms with E-state index in [4.69, 9.17) is 9.84 Å². The van der Waals surface area contributed by atoms with Crippen molar-refractivity contribution in [3.05, 3.63) is 58.6 Å². The van der Waals surface area contributed by atoms with Gasteiger partial charge in [0, 0.05) is 11.8 Å². The van der Waals surface area contributed by atoms with E-state index in [2.05, 4.69) is 10.3 Å². The van der Waals surface area contributed by atoms with E-state index in [-0.39, 0.29) is 12.4 Å². The van der Waals surface area contributed by atoms with Crippen LogP contribution in [0.15, 0.2) is 47.4 Å². The minimum absolute atomic E-state index is 0.0616. The highest BCUT2D eigenvalue weighted by atomic mass is 16.6. The number of amides is 1. The van der Waals surface area contributed by atoms with Gasteiger partial charge in [-0.1, -0.05) is 25.1 Å². The molecule has 0 saturated heterocycles. The monoisotopic (exact) mass is 333 g/mol. The van der Waals surface area contributed by atoms with Crippen molar-refractivity contribution in [1.82, 2.24) is 9.55 Å². The molecule has 0 spiro atoms. The van der Waals surface area contributed by atoms with E-state index < -0.39 is 24.1 Å². The molecule has 24 heavy (non-hydrogen) atoms. The fourth-order valence-electron chi connectivity index (χ4n) is 1.93. The van der Waals surface area contributed by atoms with Crippen LogP contribution in [0.3, 0.4) is 0 Å². The second kappa shape index (κ2) is 8.34. The lowest BCUT2D eigenvalue weighted by Gasteiger charge is -2.19. The van der Waals surface area contributed by atoms with Gasteiger partial charge in [-0.15, -0.1) is 0 Å². The number of hydrogen-bond donors (Lipinski definition) is 3. The number of anilines is 1. The second-order valence-electron chi connectivity index (χ2n) is 5.00. The van der Waals surface area contributed by atoms with E-state index in [1.54, 1.807) is 37.3 Å². The van der Waals surface area contributed by atoms with Gasteiger partial charge in [0.15, 0.2) is 0 Å². The maximum Gasteiger partial charge on any atom is 0.353 e. The summed E-state index contributed by atoms with van der Waals surface area (Å²) < 4.78 is 6.00. The number of aromatic nitrogens is 2. The van der Waals surface area contributed by atoms with Crippen LogP contribution in [0.2, 0.25) is 0 Å². The van der Waals surface area contributed by atoms with Gasteiger partial charge >= 0.3 is 5.69 Å². The van der Waals surface area contributed by atoms with Crippen LogP contribution >= 0.6 is 0 Å². The van der Waals surface area contributed by atoms with Gasteiger partial charge < -0.3 is 20.3 Å². The molecule has 3 N–H and O–H groups in total. The first kappa shape index (κ1) is 17.8. The van der Waals surface area contributed by atoms with Crippen LogP contribution in [0.25, 0.3) is 0 Å². The number of hydrogen-bond acceptors (Lipinski definition) is 6. The van der Waals surface area contributed by atoms with Crippen molar-refractivity contribution in [3.8, 4) is 0 Å². The number of aliphatic hydroxyl groups is 2. The Morgan fingerprint density at radius 3 is 2.62 bits per heavy atom. The minimum Gasteiger partial charge on any atom is -0.394 e. The summed E-state index contributed by atoms with van der Waals surface area (Å²) in [6.07, 6.45) is -0.434. The first-order chi connectivity index (χ1) is 11.5. The summed E-state index contributed by atoms with van der Waals surface area (Å²) in [5, 5.41) is 21.4. The molecular formula is C16H19N3O5. The van der Waals surface area contributed by atoms with E-state index in [0.717, 1.165) is 4.57 Å². The van der Waals surface area contributed by atoms with E-state index in [1.165, 1.54) is 12.3 Å². The van der Waals surface area contributed by atoms with E-state index >= 15 is 0 Å². The molecule has 2 aromatic rings. The van der Waals surface area contributed by atoms with Gasteiger partial charge in [0.2, 0.25) is 6.41 Å². The van der Waals surface area contributed by atoms with E-state index in [0.29, 0.717) is 12.0 Å². The first-order valence-electron chi connectivity index (χ1n) is 7.45. The number of nitrogens with zero attached hydrogens (tertiary/aromatic N) is 2. The van der Waals surface area contributed by atoms with Crippen molar-refractivity contribution >= 4 is 11.7 Å². The Kier molecular flexibility index (Phi) is 6.19. The Hall–Kier alpha value is -2.55. The van der Waals surface area contributed by atoms with Crippen molar-refractivity contribution in [2.75, 3.05) is 11.9 Å². The maximum atomic E-state index is 12.0. The predicted molar refractivity (Wildman–Crippen MR) is 86.4 cm³/mol. The van der Waals surface area contributed by atoms with Crippen molar-refractivity contribution in [2.24, 2.45) is 0 Å². The predicted octanol–water partition coefficient (Wildman–Crippen LogP) is 0.731. The normalized spacial score (nSPS) is 13.3. The fraction of sp³-hybridized carbons (Fsp3) is 0.312. The third-order valence-corrected chi connectivity index (χ3v) is 3.32. The van der Waals surface area contributed by atoms with Gasteiger partial charge in [0.1, 0.15) is 5.82 Å². The van der Waals surface area contributed by atoms with Crippen LogP contribution in [-0.2, 0) is 4.74 Å². The zero-order valence-electron chi connectivity index (χ0n) is 13.1. The molecule has 1 heterocycles. The molecule has 0 aliphatic carbocycles. The molecule has 0 bridgehead atoms. The topological polar surface area (TPSA) is 114 Å². The lowest BCUT2D eigenvalue weighted by molar-refractivity contribution is -0.194. The summed E-state index contributed by atoms with van der Waals surface area (Å²) in [6.45, 7) is 1.50. The number of benzene rings is 1. The van der Waals surface area contributed by atoms with Gasteiger partial charge in [0.05, 0.1) is 12.7 Å². The lowest BCUT2D eigenvalue weighted by atomic mass is 10.2. The third-order valence-electron chi connectivity index (χ3n) is 3.32. The number of aliphatic hydroxyl groups excluding tert-OH is 2. The molecule has 0 saturated carbocycles. The number of carbonyl (C=O) groups excluding carboxylic acids is 1. The van der Waals surface area contributed by atoms with Crippen LogP contribution in [0, 0.1) is 0 Å². The zero-order chi connectivity index (χ0) is 17.5. The molecule has 0 fully saturated rings. The molecular weight excluding hydrogens is 314 g/mol. The molecule has 1 amide bonds. The maximum absolute atomic E-state index is 12.0. The molecule has 0 aliphatic rings. The average Bonchev–Trinajstić information content (AvgIpc) is 2.60. The van der Waals surface area contributed by atoms with Crippen LogP contribution in [-0.4, -0.2) is 38.4 Å². The molecule has 1 aromatic carbocycles. The summed E-state index contributed by atoms with van der Waals surface area (Å²) in [4.78, 5) is 27.7. The van der Waals surface area contributed by atoms with Gasteiger partial charge in [-0.05, 0) is 24.6 Å². The highest BCUT2D eigenvalue weighted by Crippen LogP contribution is 2.09. The summed E-state index contributed by atoms with van der Waals surface area (Å²) in [6, 6.07) is 9.86. The van der Waals surface area contributed by atoms with Gasteiger partial charge in [-0.25, -0.2) is 9.36 Å². The van der Waals surface area contributed by atoms with Crippen molar-refractivity contribution in [2.45, 2.75) is 25.9 Å². The Labute approximate surface area is 138 Å². The molecule has 0 radical (unpaired) electrons. The number of rotatable bonds is 7. The quantitative estimate of drug-likeness (QED) is 0.644. The molecule has 1 aromatic heterocycles. The molecule has 0 aliphatic heterocycles. The number of nitrogens with one attached hydrogen (secondary N) is 1. The van der Waals surface area contributed by atoms with Crippen molar-refractivity contribution in [1.29, 1.82) is 0 Å². The SMILES string of the molecule is CC[C@@H](CO)O[C@H](O)n1ccc(NC(=O)c2ccccc2)nc1=O. The van der Waals surface area contributed by atoms with Crippen LogP contribution < -0.4 is 11.0 Å². The molecule has 128 valence electrons. The second-order valence-corrected chi connectivity index (χ2v) is 5.00. The Balaban J connectivity index is 2.09. The molecule has 2 rings (SSSR count). The largest absolute Gasteiger partial charge is 0.394 e. The van der Waals surface area contributed by atoms with Crippen LogP contribution in [0.4, 0.5) is 5.82 Å². The highest BCUT2D eigenvalue weighted by Gasteiger charge is 2.16. The first-order valence-corrected chi connectivity index (χ1v) is 7.45. The summed E-state index contributed by atoms with van der Waals surface area (Å²) in [7, 11) is 0. The average molecular weight is 333 g/mol. The standard InChI is InChI=1S/C16H19N3O5/c1-2-12(10-20)24-16(23)19-9-8-13(18-15(19)22)17-14(21)11-6-4-3-5-7-11/h3-9,12,16,20,23H,2,10H2,1H3,(H,17,18,21,22)/t12-,16-/m0/s1. The van der Waals surface area contributed by atoms with Gasteiger partial charge in [0.25, 0.3) is 5.91 Å². The van der Waals surface area contributed by atoms with Gasteiger partial charge in [-0.3, -0.25) is 4.79 Å². The smallest absolute Gasteiger partial charge is 0.353 e.